The normalized spacial score (nSPS) is 11.6. The molecule has 0 unspecified atom stereocenters. The van der Waals surface area contributed by atoms with Gasteiger partial charge in [0.05, 0.1) is 0 Å². The molecule has 3 rings (SSSR count). The Morgan fingerprint density at radius 3 is 2.69 bits per heavy atom. The van der Waals surface area contributed by atoms with Crippen LogP contribution in [0.5, 0.6) is 11.5 Å². The van der Waals surface area contributed by atoms with E-state index in [9.17, 15) is 18.0 Å². The molecule has 0 atom stereocenters. The number of anilines is 1. The van der Waals surface area contributed by atoms with Gasteiger partial charge in [0.25, 0.3) is 0 Å². The standard InChI is InChI=1S/C16H13F3N2O5/c1-8-6-12(9(2)24-8)25-15(22)20-14-13-10(23-7-16(17,18)19)4-3-5-11(13)26-21-14/h3-6H,7H2,1-2H3,(H,20,21,22). The van der Waals surface area contributed by atoms with E-state index in [1.54, 1.807) is 13.8 Å². The minimum atomic E-state index is -4.51. The number of rotatable bonds is 4. The van der Waals surface area contributed by atoms with Crippen LogP contribution < -0.4 is 14.8 Å². The minimum Gasteiger partial charge on any atom is -0.483 e. The highest BCUT2D eigenvalue weighted by atomic mass is 19.4. The van der Waals surface area contributed by atoms with Crippen LogP contribution >= 0.6 is 0 Å². The molecule has 0 aliphatic rings. The zero-order valence-electron chi connectivity index (χ0n) is 13.6. The van der Waals surface area contributed by atoms with Crippen LogP contribution in [0.25, 0.3) is 11.0 Å². The molecule has 0 spiro atoms. The summed E-state index contributed by atoms with van der Waals surface area (Å²) in [4.78, 5) is 12.0. The van der Waals surface area contributed by atoms with Crippen LogP contribution in [0.3, 0.4) is 0 Å². The van der Waals surface area contributed by atoms with E-state index >= 15 is 0 Å². The van der Waals surface area contributed by atoms with E-state index in [0.717, 1.165) is 0 Å². The van der Waals surface area contributed by atoms with E-state index in [-0.39, 0.29) is 28.3 Å². The quantitative estimate of drug-likeness (QED) is 0.723. The van der Waals surface area contributed by atoms with Crippen molar-refractivity contribution in [2.75, 3.05) is 11.9 Å². The fraction of sp³-hybridized carbons (Fsp3) is 0.250. The first-order chi connectivity index (χ1) is 12.2. The number of nitrogens with zero attached hydrogens (tertiary/aromatic N) is 1. The Kier molecular flexibility index (Phi) is 4.49. The van der Waals surface area contributed by atoms with Crippen molar-refractivity contribution >= 4 is 22.9 Å². The number of aryl methyl sites for hydroxylation is 2. The van der Waals surface area contributed by atoms with Crippen molar-refractivity contribution in [3.05, 3.63) is 35.8 Å². The second-order valence-corrected chi connectivity index (χ2v) is 5.36. The van der Waals surface area contributed by atoms with Crippen LogP contribution in [0.4, 0.5) is 23.8 Å². The van der Waals surface area contributed by atoms with Gasteiger partial charge >= 0.3 is 12.3 Å². The van der Waals surface area contributed by atoms with Crippen LogP contribution in [0.1, 0.15) is 11.5 Å². The van der Waals surface area contributed by atoms with Crippen molar-refractivity contribution in [1.82, 2.24) is 5.16 Å². The first-order valence-corrected chi connectivity index (χ1v) is 7.37. The number of amides is 1. The number of alkyl halides is 3. The van der Waals surface area contributed by atoms with Crippen LogP contribution in [-0.2, 0) is 0 Å². The van der Waals surface area contributed by atoms with Gasteiger partial charge < -0.3 is 18.4 Å². The van der Waals surface area contributed by atoms with Crippen LogP contribution in [0.15, 0.2) is 33.2 Å². The van der Waals surface area contributed by atoms with Gasteiger partial charge in [0.1, 0.15) is 22.7 Å². The Labute approximate surface area is 144 Å². The van der Waals surface area contributed by atoms with E-state index in [1.807, 2.05) is 0 Å². The van der Waals surface area contributed by atoms with Gasteiger partial charge in [-0.25, -0.2) is 4.79 Å². The third kappa shape index (κ3) is 3.90. The van der Waals surface area contributed by atoms with Gasteiger partial charge in [-0.3, -0.25) is 5.32 Å². The van der Waals surface area contributed by atoms with Crippen molar-refractivity contribution in [3.63, 3.8) is 0 Å². The SMILES string of the molecule is Cc1cc(OC(=O)Nc2noc3cccc(OCC(F)(F)F)c23)c(C)o1. The highest BCUT2D eigenvalue weighted by Gasteiger charge is 2.29. The van der Waals surface area contributed by atoms with Crippen LogP contribution in [0.2, 0.25) is 0 Å². The molecule has 0 bridgehead atoms. The number of carbonyl (C=O) groups is 1. The molecule has 0 saturated carbocycles. The number of hydrogen-bond donors (Lipinski definition) is 1. The molecule has 0 radical (unpaired) electrons. The number of halogens is 3. The molecular weight excluding hydrogens is 357 g/mol. The summed E-state index contributed by atoms with van der Waals surface area (Å²) in [5.74, 6) is 0.908. The number of benzene rings is 1. The monoisotopic (exact) mass is 370 g/mol. The van der Waals surface area contributed by atoms with Crippen molar-refractivity contribution in [2.24, 2.45) is 0 Å². The van der Waals surface area contributed by atoms with Gasteiger partial charge in [-0.1, -0.05) is 11.2 Å². The largest absolute Gasteiger partial charge is 0.483 e. The highest BCUT2D eigenvalue weighted by Crippen LogP contribution is 2.33. The Morgan fingerprint density at radius 2 is 2.04 bits per heavy atom. The molecule has 2 heterocycles. The van der Waals surface area contributed by atoms with E-state index in [4.69, 9.17) is 18.4 Å². The Balaban J connectivity index is 1.81. The van der Waals surface area contributed by atoms with Crippen LogP contribution in [-0.4, -0.2) is 24.0 Å². The number of hydrogen-bond acceptors (Lipinski definition) is 6. The highest BCUT2D eigenvalue weighted by molar-refractivity contribution is 6.00. The predicted molar refractivity (Wildman–Crippen MR) is 83.4 cm³/mol. The maximum Gasteiger partial charge on any atom is 0.422 e. The summed E-state index contributed by atoms with van der Waals surface area (Å²) in [7, 11) is 0. The first-order valence-electron chi connectivity index (χ1n) is 7.37. The fourth-order valence-corrected chi connectivity index (χ4v) is 2.26. The average Bonchev–Trinajstić information content (AvgIpc) is 3.08. The smallest absolute Gasteiger partial charge is 0.422 e. The van der Waals surface area contributed by atoms with E-state index in [1.165, 1.54) is 24.3 Å². The maximum atomic E-state index is 12.4. The Morgan fingerprint density at radius 1 is 1.27 bits per heavy atom. The molecular formula is C16H13F3N2O5. The lowest BCUT2D eigenvalue weighted by molar-refractivity contribution is -0.153. The van der Waals surface area contributed by atoms with Gasteiger partial charge in [0.15, 0.2) is 23.8 Å². The number of nitrogens with one attached hydrogen (secondary N) is 1. The van der Waals surface area contributed by atoms with Crippen molar-refractivity contribution < 1.29 is 36.4 Å². The molecule has 0 fully saturated rings. The number of carbonyl (C=O) groups excluding carboxylic acids is 1. The molecule has 10 heteroatoms. The lowest BCUT2D eigenvalue weighted by Gasteiger charge is -2.10. The molecule has 1 aromatic carbocycles. The zero-order chi connectivity index (χ0) is 18.9. The average molecular weight is 370 g/mol. The van der Waals surface area contributed by atoms with Crippen molar-refractivity contribution in [1.29, 1.82) is 0 Å². The first kappa shape index (κ1) is 17.6. The maximum absolute atomic E-state index is 12.4. The van der Waals surface area contributed by atoms with Gasteiger partial charge in [0, 0.05) is 6.07 Å². The molecule has 26 heavy (non-hydrogen) atoms. The molecule has 0 aliphatic carbocycles. The fourth-order valence-electron chi connectivity index (χ4n) is 2.26. The topological polar surface area (TPSA) is 86.7 Å². The third-order valence-corrected chi connectivity index (χ3v) is 3.27. The summed E-state index contributed by atoms with van der Waals surface area (Å²) < 4.78 is 57.3. The van der Waals surface area contributed by atoms with Gasteiger partial charge in [-0.05, 0) is 26.0 Å². The lowest BCUT2D eigenvalue weighted by atomic mass is 10.2. The van der Waals surface area contributed by atoms with E-state index < -0.39 is 18.9 Å². The van der Waals surface area contributed by atoms with Crippen molar-refractivity contribution in [3.8, 4) is 11.5 Å². The number of aromatic nitrogens is 1. The molecule has 7 nitrogen and oxygen atoms in total. The van der Waals surface area contributed by atoms with Crippen molar-refractivity contribution in [2.45, 2.75) is 20.0 Å². The molecule has 2 aromatic heterocycles. The number of fused-ring (bicyclic) bond motifs is 1. The van der Waals surface area contributed by atoms with E-state index in [0.29, 0.717) is 11.5 Å². The third-order valence-electron chi connectivity index (χ3n) is 3.27. The summed E-state index contributed by atoms with van der Waals surface area (Å²) in [6.45, 7) is 1.81. The molecule has 0 saturated heterocycles. The second kappa shape index (κ2) is 6.62. The molecule has 3 aromatic rings. The summed E-state index contributed by atoms with van der Waals surface area (Å²) in [5, 5.41) is 6.05. The van der Waals surface area contributed by atoms with E-state index in [2.05, 4.69) is 10.5 Å². The zero-order valence-corrected chi connectivity index (χ0v) is 13.6. The molecule has 138 valence electrons. The summed E-state index contributed by atoms with van der Waals surface area (Å²) in [6, 6.07) is 5.75. The molecule has 1 amide bonds. The minimum absolute atomic E-state index is 0.0915. The number of ether oxygens (including phenoxy) is 2. The Bertz CT molecular complexity index is 945. The lowest BCUT2D eigenvalue weighted by Crippen LogP contribution is -2.20. The van der Waals surface area contributed by atoms with Gasteiger partial charge in [-0.2, -0.15) is 13.2 Å². The van der Waals surface area contributed by atoms with Gasteiger partial charge in [-0.15, -0.1) is 0 Å². The van der Waals surface area contributed by atoms with Crippen LogP contribution in [0, 0.1) is 13.8 Å². The summed E-state index contributed by atoms with van der Waals surface area (Å²) in [6.07, 6.45) is -5.42. The predicted octanol–water partition coefficient (Wildman–Crippen LogP) is 4.59. The van der Waals surface area contributed by atoms with Gasteiger partial charge in [0.2, 0.25) is 0 Å². The molecule has 1 N–H and O–H groups in total. The summed E-state index contributed by atoms with van der Waals surface area (Å²) >= 11 is 0. The summed E-state index contributed by atoms with van der Waals surface area (Å²) in [5.41, 5.74) is 0.148. The molecule has 0 aliphatic heterocycles. The second-order valence-electron chi connectivity index (χ2n) is 5.36. The Hall–Kier alpha value is -3.17. The number of furan rings is 1.